The van der Waals surface area contributed by atoms with Crippen molar-refractivity contribution in [2.45, 2.75) is 33.6 Å². The van der Waals surface area contributed by atoms with Gasteiger partial charge in [-0.25, -0.2) is 0 Å². The van der Waals surface area contributed by atoms with Crippen molar-refractivity contribution in [3.05, 3.63) is 52.6 Å². The second kappa shape index (κ2) is 6.55. The van der Waals surface area contributed by atoms with Crippen molar-refractivity contribution in [2.75, 3.05) is 0 Å². The summed E-state index contributed by atoms with van der Waals surface area (Å²) in [6.45, 7) is 6.09. The van der Waals surface area contributed by atoms with Crippen molar-refractivity contribution in [1.82, 2.24) is 0 Å². The molecule has 1 aromatic rings. The molecule has 16 heavy (non-hydrogen) atoms. The number of aryl methyl sites for hydroxylation is 1. The van der Waals surface area contributed by atoms with Crippen LogP contribution in [0, 0.1) is 6.92 Å². The van der Waals surface area contributed by atoms with E-state index >= 15 is 0 Å². The van der Waals surface area contributed by atoms with E-state index in [0.29, 0.717) is 0 Å². The lowest BCUT2D eigenvalue weighted by Crippen LogP contribution is -1.88. The minimum Gasteiger partial charge on any atom is -0.0837 e. The van der Waals surface area contributed by atoms with Crippen LogP contribution in [0.5, 0.6) is 0 Å². The normalized spacial score (nSPS) is 13.9. The van der Waals surface area contributed by atoms with Gasteiger partial charge in [0.15, 0.2) is 0 Å². The fourth-order valence-corrected chi connectivity index (χ4v) is 1.90. The van der Waals surface area contributed by atoms with E-state index in [0.717, 1.165) is 23.4 Å². The molecule has 0 atom stereocenters. The summed E-state index contributed by atoms with van der Waals surface area (Å²) in [5.74, 6) is 0. The van der Waals surface area contributed by atoms with Gasteiger partial charge >= 0.3 is 0 Å². The summed E-state index contributed by atoms with van der Waals surface area (Å²) in [6, 6.07) is 6.15. The number of allylic oxidation sites excluding steroid dienone is 4. The third kappa shape index (κ3) is 3.24. The second-order valence-corrected chi connectivity index (χ2v) is 4.03. The lowest BCUT2D eigenvalue weighted by molar-refractivity contribution is 1.04. The molecule has 0 fully saturated rings. The van der Waals surface area contributed by atoms with E-state index in [-0.39, 0.29) is 0 Å². The Morgan fingerprint density at radius 2 is 1.88 bits per heavy atom. The Balaban J connectivity index is 0.000000606. The molecule has 0 aliphatic heterocycles. The van der Waals surface area contributed by atoms with Gasteiger partial charge in [0.05, 0.1) is 0 Å². The van der Waals surface area contributed by atoms with Gasteiger partial charge in [0.25, 0.3) is 0 Å². The standard InChI is InChI=1S/C13H13Cl.C2H6/c1-10-7-8-13(14)12(9-10)11-5-3-2-4-6-11;1-2/h3,5-9H,2,4H2,1H3;1-2H3. The van der Waals surface area contributed by atoms with Crippen LogP contribution in [0.1, 0.15) is 37.8 Å². The smallest absolute Gasteiger partial charge is 0.0484 e. The van der Waals surface area contributed by atoms with Crippen molar-refractivity contribution in [1.29, 1.82) is 0 Å². The van der Waals surface area contributed by atoms with E-state index in [2.05, 4.69) is 31.2 Å². The summed E-state index contributed by atoms with van der Waals surface area (Å²) in [6.07, 6.45) is 8.88. The highest BCUT2D eigenvalue weighted by Crippen LogP contribution is 2.28. The van der Waals surface area contributed by atoms with Crippen molar-refractivity contribution in [3.63, 3.8) is 0 Å². The average Bonchev–Trinajstić information content (AvgIpc) is 2.36. The first kappa shape index (κ1) is 13.1. The van der Waals surface area contributed by atoms with Crippen molar-refractivity contribution in [2.24, 2.45) is 0 Å². The van der Waals surface area contributed by atoms with Gasteiger partial charge in [-0.2, -0.15) is 0 Å². The van der Waals surface area contributed by atoms with E-state index in [1.54, 1.807) is 0 Å². The van der Waals surface area contributed by atoms with E-state index < -0.39 is 0 Å². The molecular formula is C15H19Cl. The molecule has 0 aromatic heterocycles. The van der Waals surface area contributed by atoms with Crippen molar-refractivity contribution < 1.29 is 0 Å². The number of hydrogen-bond donors (Lipinski definition) is 0. The maximum Gasteiger partial charge on any atom is 0.0484 e. The van der Waals surface area contributed by atoms with Gasteiger partial charge in [-0.3, -0.25) is 0 Å². The number of rotatable bonds is 1. The molecule has 1 aliphatic rings. The fourth-order valence-electron chi connectivity index (χ4n) is 1.67. The fraction of sp³-hybridized carbons (Fsp3) is 0.333. The zero-order valence-electron chi connectivity index (χ0n) is 10.3. The lowest BCUT2D eigenvalue weighted by Gasteiger charge is -2.09. The van der Waals surface area contributed by atoms with Crippen LogP contribution in [0.15, 0.2) is 36.4 Å². The molecule has 0 unspecified atom stereocenters. The van der Waals surface area contributed by atoms with Gasteiger partial charge in [-0.05, 0) is 37.5 Å². The third-order valence-corrected chi connectivity index (χ3v) is 2.76. The summed E-state index contributed by atoms with van der Waals surface area (Å²) < 4.78 is 0. The summed E-state index contributed by atoms with van der Waals surface area (Å²) in [4.78, 5) is 0. The van der Waals surface area contributed by atoms with Gasteiger partial charge in [0, 0.05) is 10.6 Å². The zero-order valence-corrected chi connectivity index (χ0v) is 11.0. The van der Waals surface area contributed by atoms with Crippen LogP contribution < -0.4 is 0 Å². The summed E-state index contributed by atoms with van der Waals surface area (Å²) >= 11 is 6.15. The molecule has 0 N–H and O–H groups in total. The Morgan fingerprint density at radius 1 is 1.12 bits per heavy atom. The van der Waals surface area contributed by atoms with E-state index in [4.69, 9.17) is 11.6 Å². The molecule has 2 rings (SSSR count). The summed E-state index contributed by atoms with van der Waals surface area (Å²) in [7, 11) is 0. The van der Waals surface area contributed by atoms with Gasteiger partial charge in [0.1, 0.15) is 0 Å². The first-order valence-corrected chi connectivity index (χ1v) is 6.28. The maximum absolute atomic E-state index is 6.15. The van der Waals surface area contributed by atoms with Crippen LogP contribution in [0.2, 0.25) is 5.02 Å². The topological polar surface area (TPSA) is 0 Å². The lowest BCUT2D eigenvalue weighted by atomic mass is 9.98. The van der Waals surface area contributed by atoms with Gasteiger partial charge < -0.3 is 0 Å². The largest absolute Gasteiger partial charge is 0.0837 e. The van der Waals surface area contributed by atoms with Gasteiger partial charge in [-0.1, -0.05) is 55.3 Å². The highest BCUT2D eigenvalue weighted by atomic mass is 35.5. The van der Waals surface area contributed by atoms with E-state index in [1.165, 1.54) is 11.1 Å². The molecule has 0 amide bonds. The SMILES string of the molecule is CC.Cc1ccc(Cl)c(C2=CCCC=C2)c1. The molecule has 0 radical (unpaired) electrons. The van der Waals surface area contributed by atoms with Crippen LogP contribution in [-0.2, 0) is 0 Å². The van der Waals surface area contributed by atoms with Crippen LogP contribution in [0.4, 0.5) is 0 Å². The summed E-state index contributed by atoms with van der Waals surface area (Å²) in [5.41, 5.74) is 3.66. The minimum atomic E-state index is 0.841. The van der Waals surface area contributed by atoms with Crippen molar-refractivity contribution in [3.8, 4) is 0 Å². The molecule has 86 valence electrons. The van der Waals surface area contributed by atoms with Crippen LogP contribution in [-0.4, -0.2) is 0 Å². The number of benzene rings is 1. The van der Waals surface area contributed by atoms with Crippen LogP contribution >= 0.6 is 11.6 Å². The van der Waals surface area contributed by atoms with Gasteiger partial charge in [-0.15, -0.1) is 0 Å². The molecule has 0 bridgehead atoms. The second-order valence-electron chi connectivity index (χ2n) is 3.62. The Kier molecular flexibility index (Phi) is 5.34. The monoisotopic (exact) mass is 234 g/mol. The first-order valence-electron chi connectivity index (χ1n) is 5.90. The minimum absolute atomic E-state index is 0.841. The molecule has 0 nitrogen and oxygen atoms in total. The van der Waals surface area contributed by atoms with Gasteiger partial charge in [0.2, 0.25) is 0 Å². The molecule has 1 aliphatic carbocycles. The van der Waals surface area contributed by atoms with Crippen LogP contribution in [0.25, 0.3) is 5.57 Å². The Labute approximate surface area is 104 Å². The molecular weight excluding hydrogens is 216 g/mol. The van der Waals surface area contributed by atoms with E-state index in [1.807, 2.05) is 26.0 Å². The molecule has 0 heterocycles. The number of halogens is 1. The predicted octanol–water partition coefficient (Wildman–Crippen LogP) is 5.41. The van der Waals surface area contributed by atoms with E-state index in [9.17, 15) is 0 Å². The Bertz CT molecular complexity index is 400. The Hall–Kier alpha value is -1.01. The van der Waals surface area contributed by atoms with Crippen LogP contribution in [0.3, 0.4) is 0 Å². The molecule has 0 saturated heterocycles. The Morgan fingerprint density at radius 3 is 2.50 bits per heavy atom. The quantitative estimate of drug-likeness (QED) is 0.610. The predicted molar refractivity (Wildman–Crippen MR) is 73.9 cm³/mol. The van der Waals surface area contributed by atoms with Crippen molar-refractivity contribution >= 4 is 17.2 Å². The first-order chi connectivity index (χ1) is 7.77. The zero-order chi connectivity index (χ0) is 12.0. The highest BCUT2D eigenvalue weighted by molar-refractivity contribution is 6.32. The molecule has 1 heteroatoms. The molecule has 1 aromatic carbocycles. The highest BCUT2D eigenvalue weighted by Gasteiger charge is 2.05. The molecule has 0 saturated carbocycles. The molecule has 0 spiro atoms. The number of hydrogen-bond acceptors (Lipinski definition) is 0. The average molecular weight is 235 g/mol. The maximum atomic E-state index is 6.15. The third-order valence-electron chi connectivity index (χ3n) is 2.43. The summed E-state index contributed by atoms with van der Waals surface area (Å²) in [5, 5.41) is 0.841.